The van der Waals surface area contributed by atoms with E-state index in [1.165, 1.54) is 17.0 Å². The molecule has 1 unspecified atom stereocenters. The molecule has 3 heterocycles. The molecule has 0 fully saturated rings. The number of benzene rings is 2. The van der Waals surface area contributed by atoms with Gasteiger partial charge in [-0.2, -0.15) is 0 Å². The second-order valence-electron chi connectivity index (χ2n) is 7.57. The topological polar surface area (TPSA) is 81.2 Å². The van der Waals surface area contributed by atoms with Crippen molar-refractivity contribution >= 4 is 16.8 Å². The van der Waals surface area contributed by atoms with Crippen LogP contribution in [0, 0.1) is 5.82 Å². The Hall–Kier alpha value is -3.81. The quantitative estimate of drug-likeness (QED) is 0.510. The lowest BCUT2D eigenvalue weighted by Gasteiger charge is -2.29. The summed E-state index contributed by atoms with van der Waals surface area (Å²) in [4.78, 5) is 32.1. The van der Waals surface area contributed by atoms with E-state index in [-0.39, 0.29) is 18.0 Å². The highest BCUT2D eigenvalue weighted by molar-refractivity contribution is 5.82. The highest BCUT2D eigenvalue weighted by Gasteiger charge is 2.31. The molecular formula is C23H19FN4O3. The van der Waals surface area contributed by atoms with Gasteiger partial charge in [-0.15, -0.1) is 0 Å². The highest BCUT2D eigenvalue weighted by atomic mass is 19.1. The number of rotatable bonds is 3. The predicted octanol–water partition coefficient (Wildman–Crippen LogP) is 3.34. The van der Waals surface area contributed by atoms with Crippen LogP contribution in [0.1, 0.15) is 24.3 Å². The van der Waals surface area contributed by atoms with Crippen molar-refractivity contribution in [1.82, 2.24) is 19.6 Å². The van der Waals surface area contributed by atoms with E-state index in [9.17, 15) is 14.0 Å². The van der Waals surface area contributed by atoms with Crippen LogP contribution in [0.2, 0.25) is 0 Å². The molecule has 1 aliphatic heterocycles. The van der Waals surface area contributed by atoms with Gasteiger partial charge in [-0.1, -0.05) is 29.4 Å². The van der Waals surface area contributed by atoms with Gasteiger partial charge in [0.1, 0.15) is 23.3 Å². The summed E-state index contributed by atoms with van der Waals surface area (Å²) in [5, 5.41) is 4.52. The van der Waals surface area contributed by atoms with Gasteiger partial charge in [-0.05, 0) is 31.2 Å². The lowest BCUT2D eigenvalue weighted by atomic mass is 10.0. The minimum Gasteiger partial charge on any atom is -0.360 e. The number of nitrogens with zero attached hydrogens (tertiary/aromatic N) is 4. The minimum atomic E-state index is -0.733. The summed E-state index contributed by atoms with van der Waals surface area (Å²) in [5.41, 5.74) is 1.76. The molecule has 0 radical (unpaired) electrons. The molecule has 0 spiro atoms. The first-order valence-electron chi connectivity index (χ1n) is 10.0. The summed E-state index contributed by atoms with van der Waals surface area (Å²) in [5.74, 6) is 0.0363. The number of halogens is 1. The summed E-state index contributed by atoms with van der Waals surface area (Å²) in [7, 11) is 0. The molecule has 0 bridgehead atoms. The van der Waals surface area contributed by atoms with Crippen LogP contribution in [0.4, 0.5) is 4.39 Å². The average Bonchev–Trinajstić information content (AvgIpc) is 3.22. The Morgan fingerprint density at radius 1 is 1.16 bits per heavy atom. The first kappa shape index (κ1) is 19.2. The zero-order valence-corrected chi connectivity index (χ0v) is 16.8. The normalized spacial score (nSPS) is 14.5. The van der Waals surface area contributed by atoms with Crippen LogP contribution >= 0.6 is 0 Å². The minimum absolute atomic E-state index is 0.217. The van der Waals surface area contributed by atoms with Crippen LogP contribution in [0.3, 0.4) is 0 Å². The number of hydrogen-bond donors (Lipinski definition) is 0. The van der Waals surface area contributed by atoms with Gasteiger partial charge in [0.15, 0.2) is 0 Å². The lowest BCUT2D eigenvalue weighted by Crippen LogP contribution is -2.41. The van der Waals surface area contributed by atoms with E-state index in [0.717, 1.165) is 0 Å². The SMILES string of the molecule is CC(C(=O)N1CCc2onc(-c3ccccc3F)c2C1)n1cnc2ccccc2c1=O. The molecule has 31 heavy (non-hydrogen) atoms. The first-order chi connectivity index (χ1) is 15.0. The van der Waals surface area contributed by atoms with Crippen molar-refractivity contribution in [2.24, 2.45) is 0 Å². The van der Waals surface area contributed by atoms with Crippen LogP contribution in [0.5, 0.6) is 0 Å². The van der Waals surface area contributed by atoms with Gasteiger partial charge in [0.05, 0.1) is 23.8 Å². The van der Waals surface area contributed by atoms with Gasteiger partial charge in [-0.25, -0.2) is 9.37 Å². The summed E-state index contributed by atoms with van der Waals surface area (Å²) in [6.07, 6.45) is 1.88. The molecule has 8 heteroatoms. The molecule has 1 amide bonds. The largest absolute Gasteiger partial charge is 0.360 e. The van der Waals surface area contributed by atoms with Crippen LogP contribution < -0.4 is 5.56 Å². The van der Waals surface area contributed by atoms with Crippen molar-refractivity contribution in [3.05, 3.63) is 82.4 Å². The Labute approximate surface area is 176 Å². The second kappa shape index (κ2) is 7.46. The Bertz CT molecular complexity index is 1360. The zero-order valence-electron chi connectivity index (χ0n) is 16.8. The molecule has 0 saturated heterocycles. The molecular weight excluding hydrogens is 399 g/mol. The molecule has 4 aromatic rings. The van der Waals surface area contributed by atoms with E-state index >= 15 is 0 Å². The fourth-order valence-corrected chi connectivity index (χ4v) is 4.00. The number of carbonyl (C=O) groups is 1. The fourth-order valence-electron chi connectivity index (χ4n) is 4.00. The maximum Gasteiger partial charge on any atom is 0.261 e. The lowest BCUT2D eigenvalue weighted by molar-refractivity contribution is -0.135. The molecule has 1 aliphatic rings. The van der Waals surface area contributed by atoms with Gasteiger partial charge in [-0.3, -0.25) is 14.2 Å². The first-order valence-corrected chi connectivity index (χ1v) is 10.0. The Morgan fingerprint density at radius 2 is 1.94 bits per heavy atom. The van der Waals surface area contributed by atoms with Crippen LogP contribution in [-0.2, 0) is 17.8 Å². The van der Waals surface area contributed by atoms with Gasteiger partial charge in [0.25, 0.3) is 5.56 Å². The van der Waals surface area contributed by atoms with Crippen LogP contribution in [-0.4, -0.2) is 32.1 Å². The zero-order chi connectivity index (χ0) is 21.5. The van der Waals surface area contributed by atoms with Gasteiger partial charge in [0, 0.05) is 24.1 Å². The van der Waals surface area contributed by atoms with Crippen LogP contribution in [0.15, 0.2) is 64.2 Å². The monoisotopic (exact) mass is 418 g/mol. The van der Waals surface area contributed by atoms with E-state index < -0.39 is 11.9 Å². The molecule has 5 rings (SSSR count). The van der Waals surface area contributed by atoms with Gasteiger partial charge in [0.2, 0.25) is 5.91 Å². The molecule has 0 saturated carbocycles. The van der Waals surface area contributed by atoms with E-state index in [0.29, 0.717) is 46.4 Å². The molecule has 156 valence electrons. The van der Waals surface area contributed by atoms with E-state index in [1.807, 2.05) is 6.07 Å². The van der Waals surface area contributed by atoms with Crippen molar-refractivity contribution in [3.63, 3.8) is 0 Å². The number of amides is 1. The molecule has 2 aromatic heterocycles. The Kier molecular flexibility index (Phi) is 4.62. The van der Waals surface area contributed by atoms with Crippen molar-refractivity contribution < 1.29 is 13.7 Å². The third-order valence-corrected chi connectivity index (χ3v) is 5.73. The maximum atomic E-state index is 14.3. The van der Waals surface area contributed by atoms with Crippen molar-refractivity contribution in [2.45, 2.75) is 25.9 Å². The smallest absolute Gasteiger partial charge is 0.261 e. The van der Waals surface area contributed by atoms with Gasteiger partial charge >= 0.3 is 0 Å². The van der Waals surface area contributed by atoms with Crippen molar-refractivity contribution in [2.75, 3.05) is 6.54 Å². The van der Waals surface area contributed by atoms with Crippen LogP contribution in [0.25, 0.3) is 22.2 Å². The third-order valence-electron chi connectivity index (χ3n) is 5.73. The number of aromatic nitrogens is 3. The number of carbonyl (C=O) groups excluding carboxylic acids is 1. The summed E-state index contributed by atoms with van der Waals surface area (Å²) < 4.78 is 21.1. The molecule has 0 N–H and O–H groups in total. The Morgan fingerprint density at radius 3 is 2.77 bits per heavy atom. The third kappa shape index (κ3) is 3.20. The number of para-hydroxylation sites is 1. The molecule has 1 atom stereocenters. The average molecular weight is 418 g/mol. The van der Waals surface area contributed by atoms with E-state index in [2.05, 4.69) is 10.1 Å². The summed E-state index contributed by atoms with van der Waals surface area (Å²) in [6.45, 7) is 2.35. The standard InChI is InChI=1S/C23H19FN4O3/c1-14(28-13-25-19-9-5-3-7-16(19)23(28)30)22(29)27-11-10-20-17(12-27)21(26-31-20)15-6-2-4-8-18(15)24/h2-9,13-14H,10-12H2,1H3. The van der Waals surface area contributed by atoms with Crippen molar-refractivity contribution in [1.29, 1.82) is 0 Å². The van der Waals surface area contributed by atoms with Gasteiger partial charge < -0.3 is 9.42 Å². The molecule has 7 nitrogen and oxygen atoms in total. The maximum absolute atomic E-state index is 14.3. The van der Waals surface area contributed by atoms with Crippen molar-refractivity contribution in [3.8, 4) is 11.3 Å². The number of fused-ring (bicyclic) bond motifs is 2. The van der Waals surface area contributed by atoms with E-state index in [4.69, 9.17) is 4.52 Å². The number of hydrogen-bond acceptors (Lipinski definition) is 5. The van der Waals surface area contributed by atoms with E-state index in [1.54, 1.807) is 48.2 Å². The highest BCUT2D eigenvalue weighted by Crippen LogP contribution is 2.32. The predicted molar refractivity (Wildman–Crippen MR) is 112 cm³/mol. The molecule has 0 aliphatic carbocycles. The summed E-state index contributed by atoms with van der Waals surface area (Å²) >= 11 is 0. The fraction of sp³-hybridized carbons (Fsp3) is 0.217. The molecule has 2 aromatic carbocycles. The Balaban J connectivity index is 1.45. The second-order valence-corrected chi connectivity index (χ2v) is 7.57. The summed E-state index contributed by atoms with van der Waals surface area (Å²) in [6, 6.07) is 12.6.